The van der Waals surface area contributed by atoms with E-state index in [1.54, 1.807) is 38.4 Å². The van der Waals surface area contributed by atoms with Crippen molar-refractivity contribution in [1.29, 1.82) is 0 Å². The van der Waals surface area contributed by atoms with Crippen LogP contribution in [0.4, 0.5) is 5.69 Å². The molecule has 0 saturated carbocycles. The van der Waals surface area contributed by atoms with E-state index < -0.39 is 0 Å². The SMILES string of the molecule is CC.CN(C)C(=O)c1cccc(N)c1. The number of benzene rings is 1. The Balaban J connectivity index is 0.000000791. The van der Waals surface area contributed by atoms with Crippen molar-refractivity contribution in [3.63, 3.8) is 0 Å². The molecule has 0 aliphatic rings. The number of nitrogens with zero attached hydrogens (tertiary/aromatic N) is 1. The molecule has 3 nitrogen and oxygen atoms in total. The first-order valence-corrected chi connectivity index (χ1v) is 4.68. The summed E-state index contributed by atoms with van der Waals surface area (Å²) in [6, 6.07) is 6.94. The topological polar surface area (TPSA) is 46.3 Å². The third-order valence-electron chi connectivity index (χ3n) is 1.54. The fraction of sp³-hybridized carbons (Fsp3) is 0.364. The zero-order valence-electron chi connectivity index (χ0n) is 9.24. The molecule has 0 atom stereocenters. The highest BCUT2D eigenvalue weighted by atomic mass is 16.2. The van der Waals surface area contributed by atoms with Gasteiger partial charge in [0.2, 0.25) is 0 Å². The number of amides is 1. The lowest BCUT2D eigenvalue weighted by Crippen LogP contribution is -2.21. The Morgan fingerprint density at radius 2 is 1.86 bits per heavy atom. The first kappa shape index (κ1) is 12.5. The molecule has 1 aromatic rings. The Kier molecular flexibility index (Phi) is 5.37. The molecule has 0 heterocycles. The van der Waals surface area contributed by atoms with Crippen molar-refractivity contribution < 1.29 is 4.79 Å². The summed E-state index contributed by atoms with van der Waals surface area (Å²) in [5.41, 5.74) is 6.76. The van der Waals surface area contributed by atoms with Crippen LogP contribution in [0.2, 0.25) is 0 Å². The molecule has 3 heteroatoms. The van der Waals surface area contributed by atoms with Crippen LogP contribution in [0, 0.1) is 0 Å². The van der Waals surface area contributed by atoms with Gasteiger partial charge in [-0.3, -0.25) is 4.79 Å². The van der Waals surface area contributed by atoms with Crippen LogP contribution in [0.15, 0.2) is 24.3 Å². The van der Waals surface area contributed by atoms with Crippen molar-refractivity contribution in [3.05, 3.63) is 29.8 Å². The molecule has 0 bridgehead atoms. The van der Waals surface area contributed by atoms with Crippen LogP contribution in [0.25, 0.3) is 0 Å². The Hall–Kier alpha value is -1.51. The minimum atomic E-state index is -0.0256. The Labute approximate surface area is 85.5 Å². The lowest BCUT2D eigenvalue weighted by Gasteiger charge is -2.09. The lowest BCUT2D eigenvalue weighted by atomic mass is 10.2. The molecular weight excluding hydrogens is 176 g/mol. The summed E-state index contributed by atoms with van der Waals surface area (Å²) in [6.07, 6.45) is 0. The maximum Gasteiger partial charge on any atom is 0.253 e. The van der Waals surface area contributed by atoms with Crippen molar-refractivity contribution in [1.82, 2.24) is 4.90 Å². The summed E-state index contributed by atoms with van der Waals surface area (Å²) < 4.78 is 0. The van der Waals surface area contributed by atoms with Gasteiger partial charge in [0.05, 0.1) is 0 Å². The zero-order chi connectivity index (χ0) is 11.1. The van der Waals surface area contributed by atoms with Crippen LogP contribution in [0.1, 0.15) is 24.2 Å². The predicted molar refractivity (Wildman–Crippen MR) is 60.2 cm³/mol. The van der Waals surface area contributed by atoms with Crippen LogP contribution in [-0.4, -0.2) is 24.9 Å². The van der Waals surface area contributed by atoms with E-state index in [0.29, 0.717) is 11.3 Å². The van der Waals surface area contributed by atoms with Gasteiger partial charge < -0.3 is 10.6 Å². The van der Waals surface area contributed by atoms with Crippen molar-refractivity contribution in [3.8, 4) is 0 Å². The lowest BCUT2D eigenvalue weighted by molar-refractivity contribution is 0.0827. The first-order valence-electron chi connectivity index (χ1n) is 4.68. The second-order valence-electron chi connectivity index (χ2n) is 2.83. The predicted octanol–water partition coefficient (Wildman–Crippen LogP) is 2.00. The molecule has 0 aromatic heterocycles. The Morgan fingerprint density at radius 3 is 2.29 bits per heavy atom. The number of carbonyl (C=O) groups is 1. The summed E-state index contributed by atoms with van der Waals surface area (Å²) in [5.74, 6) is -0.0256. The normalized spacial score (nSPS) is 8.57. The number of hydrogen-bond acceptors (Lipinski definition) is 2. The second kappa shape index (κ2) is 6.02. The average Bonchev–Trinajstić information content (AvgIpc) is 2.19. The van der Waals surface area contributed by atoms with Crippen LogP contribution < -0.4 is 5.73 Å². The van der Waals surface area contributed by atoms with E-state index in [2.05, 4.69) is 0 Å². The molecule has 0 unspecified atom stereocenters. The first-order chi connectivity index (χ1) is 6.61. The monoisotopic (exact) mass is 194 g/mol. The van der Waals surface area contributed by atoms with E-state index in [9.17, 15) is 4.79 Å². The van der Waals surface area contributed by atoms with Gasteiger partial charge in [-0.15, -0.1) is 0 Å². The van der Waals surface area contributed by atoms with Crippen molar-refractivity contribution in [2.75, 3.05) is 19.8 Å². The van der Waals surface area contributed by atoms with Gasteiger partial charge >= 0.3 is 0 Å². The third kappa shape index (κ3) is 3.47. The molecular formula is C11H18N2O. The van der Waals surface area contributed by atoms with Crippen LogP contribution in [-0.2, 0) is 0 Å². The standard InChI is InChI=1S/C9H12N2O.C2H6/c1-11(2)9(12)7-4-3-5-8(10)6-7;1-2/h3-6H,10H2,1-2H3;1-2H3. The highest BCUT2D eigenvalue weighted by molar-refractivity contribution is 5.94. The molecule has 14 heavy (non-hydrogen) atoms. The number of nitrogens with two attached hydrogens (primary N) is 1. The van der Waals surface area contributed by atoms with Gasteiger partial charge in [0.1, 0.15) is 0 Å². The summed E-state index contributed by atoms with van der Waals surface area (Å²) >= 11 is 0. The van der Waals surface area contributed by atoms with E-state index in [-0.39, 0.29) is 5.91 Å². The molecule has 0 spiro atoms. The minimum absolute atomic E-state index is 0.0256. The van der Waals surface area contributed by atoms with Crippen molar-refractivity contribution >= 4 is 11.6 Å². The van der Waals surface area contributed by atoms with Gasteiger partial charge in [0.15, 0.2) is 0 Å². The molecule has 0 saturated heterocycles. The molecule has 0 radical (unpaired) electrons. The molecule has 0 aliphatic heterocycles. The van der Waals surface area contributed by atoms with Gasteiger partial charge in [-0.05, 0) is 18.2 Å². The van der Waals surface area contributed by atoms with Gasteiger partial charge in [-0.25, -0.2) is 0 Å². The highest BCUT2D eigenvalue weighted by Gasteiger charge is 2.06. The van der Waals surface area contributed by atoms with E-state index in [1.807, 2.05) is 13.8 Å². The number of hydrogen-bond donors (Lipinski definition) is 1. The molecule has 78 valence electrons. The third-order valence-corrected chi connectivity index (χ3v) is 1.54. The van der Waals surface area contributed by atoms with Crippen molar-refractivity contribution in [2.24, 2.45) is 0 Å². The largest absolute Gasteiger partial charge is 0.399 e. The molecule has 1 aromatic carbocycles. The average molecular weight is 194 g/mol. The Bertz CT molecular complexity index is 295. The van der Waals surface area contributed by atoms with Crippen LogP contribution in [0.3, 0.4) is 0 Å². The van der Waals surface area contributed by atoms with Gasteiger partial charge in [-0.1, -0.05) is 19.9 Å². The van der Waals surface area contributed by atoms with Crippen molar-refractivity contribution in [2.45, 2.75) is 13.8 Å². The molecule has 1 amide bonds. The Morgan fingerprint density at radius 1 is 1.29 bits per heavy atom. The number of carbonyl (C=O) groups excluding carboxylic acids is 1. The van der Waals surface area contributed by atoms with Crippen LogP contribution in [0.5, 0.6) is 0 Å². The van der Waals surface area contributed by atoms with E-state index in [4.69, 9.17) is 5.73 Å². The number of nitrogen functional groups attached to an aromatic ring is 1. The van der Waals surface area contributed by atoms with E-state index >= 15 is 0 Å². The molecule has 1 rings (SSSR count). The van der Waals surface area contributed by atoms with E-state index in [1.165, 1.54) is 4.90 Å². The van der Waals surface area contributed by atoms with Gasteiger partial charge in [0.25, 0.3) is 5.91 Å². The zero-order valence-corrected chi connectivity index (χ0v) is 9.24. The fourth-order valence-corrected chi connectivity index (χ4v) is 0.930. The second-order valence-corrected chi connectivity index (χ2v) is 2.83. The quantitative estimate of drug-likeness (QED) is 0.695. The maximum atomic E-state index is 11.4. The van der Waals surface area contributed by atoms with Gasteiger partial charge in [-0.2, -0.15) is 0 Å². The molecule has 2 N–H and O–H groups in total. The summed E-state index contributed by atoms with van der Waals surface area (Å²) in [5, 5.41) is 0. The summed E-state index contributed by atoms with van der Waals surface area (Å²) in [4.78, 5) is 12.9. The summed E-state index contributed by atoms with van der Waals surface area (Å²) in [7, 11) is 3.43. The van der Waals surface area contributed by atoms with Gasteiger partial charge in [0, 0.05) is 25.3 Å². The molecule has 0 aliphatic carbocycles. The smallest absolute Gasteiger partial charge is 0.253 e. The minimum Gasteiger partial charge on any atom is -0.399 e. The maximum absolute atomic E-state index is 11.4. The highest BCUT2D eigenvalue weighted by Crippen LogP contribution is 2.07. The fourth-order valence-electron chi connectivity index (χ4n) is 0.930. The summed E-state index contributed by atoms with van der Waals surface area (Å²) in [6.45, 7) is 4.00. The van der Waals surface area contributed by atoms with E-state index in [0.717, 1.165) is 0 Å². The van der Waals surface area contributed by atoms with Crippen LogP contribution >= 0.6 is 0 Å². The number of rotatable bonds is 1. The number of anilines is 1. The molecule has 0 fully saturated rings.